The van der Waals surface area contributed by atoms with Gasteiger partial charge in [0.25, 0.3) is 5.91 Å². The highest BCUT2D eigenvalue weighted by atomic mass is 16.7. The molecule has 2 aromatic rings. The van der Waals surface area contributed by atoms with Crippen molar-refractivity contribution in [3.05, 3.63) is 54.6 Å². The number of ether oxygens (including phenoxy) is 3. The first-order valence-corrected chi connectivity index (χ1v) is 21.0. The van der Waals surface area contributed by atoms with E-state index >= 15 is 0 Å². The minimum absolute atomic E-state index is 0.00340. The van der Waals surface area contributed by atoms with Crippen LogP contribution in [0.25, 0.3) is 0 Å². The number of unbranched alkanes of at least 4 members (excludes halogenated alkanes) is 1. The average molecular weight is 768 g/mol. The number of benzene rings is 1. The Kier molecular flexibility index (Phi) is 19.7. The molecule has 2 fully saturated rings. The molecule has 55 heavy (non-hydrogen) atoms. The lowest BCUT2D eigenvalue weighted by molar-refractivity contribution is -0.157. The van der Waals surface area contributed by atoms with Gasteiger partial charge in [-0.15, -0.1) is 0 Å². The third kappa shape index (κ3) is 15.3. The van der Waals surface area contributed by atoms with E-state index in [0.29, 0.717) is 57.7 Å². The molecule has 1 aromatic heterocycles. The maximum Gasteiger partial charge on any atom is 0.252 e. The molecule has 308 valence electrons. The van der Waals surface area contributed by atoms with Crippen molar-refractivity contribution in [2.45, 2.75) is 148 Å². The summed E-state index contributed by atoms with van der Waals surface area (Å²) in [6, 6.07) is 9.24. The molecule has 1 aliphatic carbocycles. The number of aromatic nitrogens is 2. The van der Waals surface area contributed by atoms with Crippen LogP contribution in [-0.2, 0) is 41.6 Å². The van der Waals surface area contributed by atoms with Crippen molar-refractivity contribution in [3.63, 3.8) is 0 Å². The zero-order valence-electron chi connectivity index (χ0n) is 33.9. The molecule has 3 amide bonds. The van der Waals surface area contributed by atoms with Crippen LogP contribution >= 0.6 is 0 Å². The Morgan fingerprint density at radius 1 is 0.982 bits per heavy atom. The van der Waals surface area contributed by atoms with Gasteiger partial charge < -0.3 is 39.4 Å². The molecule has 4 rings (SSSR count). The number of aliphatic hydroxyl groups excluding tert-OH is 1. The van der Waals surface area contributed by atoms with Gasteiger partial charge in [-0.05, 0) is 55.9 Å². The molecule has 2 aliphatic rings. The van der Waals surface area contributed by atoms with Gasteiger partial charge >= 0.3 is 0 Å². The quantitative estimate of drug-likeness (QED) is 0.0917. The summed E-state index contributed by atoms with van der Waals surface area (Å²) in [6.45, 7) is 8.67. The van der Waals surface area contributed by atoms with Crippen molar-refractivity contribution in [1.29, 1.82) is 0 Å². The van der Waals surface area contributed by atoms with Gasteiger partial charge in [0, 0.05) is 58.0 Å². The number of hydrogen-bond acceptors (Lipinski definition) is 8. The van der Waals surface area contributed by atoms with Crippen molar-refractivity contribution in [3.8, 4) is 0 Å². The van der Waals surface area contributed by atoms with Crippen molar-refractivity contribution < 1.29 is 33.7 Å². The molecule has 12 heteroatoms. The van der Waals surface area contributed by atoms with E-state index in [1.54, 1.807) is 19.6 Å². The Labute approximate surface area is 329 Å². The molecule has 0 bridgehead atoms. The second kappa shape index (κ2) is 24.3. The fourth-order valence-corrected chi connectivity index (χ4v) is 7.98. The van der Waals surface area contributed by atoms with E-state index < -0.39 is 30.3 Å². The lowest BCUT2D eigenvalue weighted by atomic mass is 9.81. The number of amides is 3. The normalized spacial score (nSPS) is 18.4. The van der Waals surface area contributed by atoms with Crippen LogP contribution in [0, 0.1) is 17.8 Å². The number of methoxy groups -OCH3 is 1. The molecule has 0 unspecified atom stereocenters. The summed E-state index contributed by atoms with van der Waals surface area (Å²) < 4.78 is 19.4. The SMILES string of the molecule is CCCC[C@H](O[C@@H](Cc1ccccc1)C(=O)N1CCC(OCOC)CC1)C(=O)N[C@@H](CC1CCCCC1)[C@@H](O)C[C@H](C(=O)NCCCn1ccnc1)C(C)C. The second-order valence-corrected chi connectivity index (χ2v) is 16.0. The third-order valence-corrected chi connectivity index (χ3v) is 11.3. The Morgan fingerprint density at radius 2 is 1.73 bits per heavy atom. The van der Waals surface area contributed by atoms with Crippen molar-refractivity contribution in [2.75, 3.05) is 33.5 Å². The second-order valence-electron chi connectivity index (χ2n) is 16.0. The number of likely N-dealkylation sites (tertiary alicyclic amines) is 1. The first-order chi connectivity index (χ1) is 26.7. The highest BCUT2D eigenvalue weighted by molar-refractivity contribution is 5.84. The standard InChI is InChI=1S/C43H69N5O7/c1-5-6-18-39(55-40(28-34-16-11-8-12-17-34)43(52)48-24-19-35(20-25-48)54-31-53-4)42(51)46-37(27-33-14-9-7-10-15-33)38(49)29-36(32(2)3)41(50)45-21-13-23-47-26-22-44-30-47/h8,11-12,16-17,22,26,30,32-33,35-40,49H,5-7,9-10,13-15,18-21,23-25,27-29,31H2,1-4H3,(H,45,50)(H,46,51)/t36-,37-,38-,39-,40-/m0/s1. The van der Waals surface area contributed by atoms with Crippen LogP contribution in [0.5, 0.6) is 0 Å². The van der Waals surface area contributed by atoms with Gasteiger partial charge in [0.05, 0.1) is 24.6 Å². The molecule has 0 radical (unpaired) electrons. The first-order valence-electron chi connectivity index (χ1n) is 21.0. The average Bonchev–Trinajstić information content (AvgIpc) is 3.73. The van der Waals surface area contributed by atoms with E-state index in [4.69, 9.17) is 14.2 Å². The van der Waals surface area contributed by atoms with Crippen LogP contribution in [0.15, 0.2) is 49.1 Å². The molecule has 3 N–H and O–H groups in total. The Bertz CT molecular complexity index is 1360. The Balaban J connectivity index is 1.47. The molecule has 2 heterocycles. The minimum atomic E-state index is -0.926. The van der Waals surface area contributed by atoms with Crippen molar-refractivity contribution in [2.24, 2.45) is 17.8 Å². The fourth-order valence-electron chi connectivity index (χ4n) is 7.98. The number of aliphatic hydroxyl groups is 1. The van der Waals surface area contributed by atoms with E-state index in [2.05, 4.69) is 22.5 Å². The summed E-state index contributed by atoms with van der Waals surface area (Å²) in [4.78, 5) is 47.9. The maximum atomic E-state index is 14.4. The summed E-state index contributed by atoms with van der Waals surface area (Å²) in [7, 11) is 1.60. The molecule has 12 nitrogen and oxygen atoms in total. The predicted molar refractivity (Wildman–Crippen MR) is 213 cm³/mol. The molecular weight excluding hydrogens is 699 g/mol. The molecular formula is C43H69N5O7. The van der Waals surface area contributed by atoms with Gasteiger partial charge in [-0.25, -0.2) is 4.98 Å². The van der Waals surface area contributed by atoms with Gasteiger partial charge in [-0.3, -0.25) is 14.4 Å². The van der Waals surface area contributed by atoms with Gasteiger partial charge in [-0.1, -0.05) is 96.0 Å². The maximum absolute atomic E-state index is 14.4. The molecule has 1 aromatic carbocycles. The van der Waals surface area contributed by atoms with Gasteiger partial charge in [0.2, 0.25) is 11.8 Å². The minimum Gasteiger partial charge on any atom is -0.391 e. The van der Waals surface area contributed by atoms with Crippen molar-refractivity contribution in [1.82, 2.24) is 25.1 Å². The number of carbonyl (C=O) groups excluding carboxylic acids is 3. The lowest BCUT2D eigenvalue weighted by Crippen LogP contribution is -2.52. The van der Waals surface area contributed by atoms with Gasteiger partial charge in [0.1, 0.15) is 19.0 Å². The van der Waals surface area contributed by atoms with Crippen LogP contribution in [-0.4, -0.2) is 101 Å². The van der Waals surface area contributed by atoms with Crippen LogP contribution < -0.4 is 10.6 Å². The lowest BCUT2D eigenvalue weighted by Gasteiger charge is -2.36. The van der Waals surface area contributed by atoms with E-state index in [-0.39, 0.29) is 43.0 Å². The van der Waals surface area contributed by atoms with Gasteiger partial charge in [0.15, 0.2) is 0 Å². The number of hydrogen-bond donors (Lipinski definition) is 3. The Morgan fingerprint density at radius 3 is 2.38 bits per heavy atom. The van der Waals surface area contributed by atoms with E-state index in [1.165, 1.54) is 6.42 Å². The number of rotatable bonds is 24. The topological polar surface area (TPSA) is 144 Å². The van der Waals surface area contributed by atoms with Crippen LogP contribution in [0.4, 0.5) is 0 Å². The summed E-state index contributed by atoms with van der Waals surface area (Å²) in [5.74, 6) is -0.562. The molecule has 1 saturated carbocycles. The fraction of sp³-hybridized carbons (Fsp3) is 0.721. The highest BCUT2D eigenvalue weighted by Gasteiger charge is 2.36. The summed E-state index contributed by atoms with van der Waals surface area (Å²) in [6.07, 6.45) is 13.8. The van der Waals surface area contributed by atoms with E-state index in [9.17, 15) is 19.5 Å². The number of piperidine rings is 1. The zero-order chi connectivity index (χ0) is 39.4. The number of carbonyl (C=O) groups is 3. The summed E-state index contributed by atoms with van der Waals surface area (Å²) in [5, 5.41) is 18.2. The number of aryl methyl sites for hydroxylation is 1. The van der Waals surface area contributed by atoms with Crippen LogP contribution in [0.2, 0.25) is 0 Å². The molecule has 0 spiro atoms. The van der Waals surface area contributed by atoms with E-state index in [1.807, 2.05) is 59.8 Å². The van der Waals surface area contributed by atoms with Crippen LogP contribution in [0.3, 0.4) is 0 Å². The first kappa shape index (κ1) is 44.4. The zero-order valence-corrected chi connectivity index (χ0v) is 33.9. The monoisotopic (exact) mass is 768 g/mol. The van der Waals surface area contributed by atoms with Crippen LogP contribution in [0.1, 0.15) is 110 Å². The molecule has 1 saturated heterocycles. The summed E-state index contributed by atoms with van der Waals surface area (Å²) in [5.41, 5.74) is 0.958. The molecule has 1 aliphatic heterocycles. The number of nitrogens with zero attached hydrogens (tertiary/aromatic N) is 3. The molecule has 5 atom stereocenters. The predicted octanol–water partition coefficient (Wildman–Crippen LogP) is 5.67. The van der Waals surface area contributed by atoms with Gasteiger partial charge in [-0.2, -0.15) is 0 Å². The smallest absolute Gasteiger partial charge is 0.252 e. The third-order valence-electron chi connectivity index (χ3n) is 11.3. The number of nitrogens with one attached hydrogen (secondary N) is 2. The summed E-state index contributed by atoms with van der Waals surface area (Å²) >= 11 is 0. The largest absolute Gasteiger partial charge is 0.391 e. The number of imidazole rings is 1. The highest BCUT2D eigenvalue weighted by Crippen LogP contribution is 2.30. The van der Waals surface area contributed by atoms with E-state index in [0.717, 1.165) is 57.1 Å². The van der Waals surface area contributed by atoms with Crippen molar-refractivity contribution >= 4 is 17.7 Å². The Hall–Kier alpha value is -3.32.